The summed E-state index contributed by atoms with van der Waals surface area (Å²) in [5, 5.41) is 9.78. The third kappa shape index (κ3) is 3.69. The van der Waals surface area contributed by atoms with Gasteiger partial charge in [0.05, 0.1) is 18.2 Å². The molecule has 0 aliphatic carbocycles. The number of H-pyrrole nitrogens is 1. The van der Waals surface area contributed by atoms with Crippen molar-refractivity contribution in [2.24, 2.45) is 0 Å². The van der Waals surface area contributed by atoms with Gasteiger partial charge >= 0.3 is 13.4 Å². The predicted molar refractivity (Wildman–Crippen MR) is 81.9 cm³/mol. The van der Waals surface area contributed by atoms with E-state index in [9.17, 15) is 9.59 Å². The standard InChI is InChI=1S/C9H8O4.C7H6N2/c1-13-9(12)7-4-2-3-6(5-7)8(10)11;1-2-6-3-5-9-7(6)8-4-1/h2-5H,1H3,(H,10,11);1-5H,(H,8,9)/p+1. The van der Waals surface area contributed by atoms with E-state index in [0.29, 0.717) is 0 Å². The zero-order valence-electron chi connectivity index (χ0n) is 12.8. The molecule has 22 heavy (non-hydrogen) atoms. The normalized spacial score (nSPS) is 9.68. The maximum atomic E-state index is 11.0. The molecule has 0 amide bonds. The van der Waals surface area contributed by atoms with E-state index in [1.165, 1.54) is 31.4 Å². The molecule has 0 unspecified atom stereocenters. The highest BCUT2D eigenvalue weighted by Crippen LogP contribution is 2.06. The van der Waals surface area contributed by atoms with Gasteiger partial charge in [0.2, 0.25) is 0 Å². The molecule has 3 rings (SSSR count). The molecule has 0 saturated heterocycles. The molecule has 0 aliphatic rings. The molecular weight excluding hydrogens is 284 g/mol. The van der Waals surface area contributed by atoms with Crippen LogP contribution in [0.2, 0.25) is 0 Å². The SMILES string of the molecule is COC(=O)c1cccc(C(=O)O)c1.[H+].c1cnc2[nH]ccc2c1. The van der Waals surface area contributed by atoms with Crippen LogP contribution in [0.15, 0.2) is 54.9 Å². The number of methoxy groups -OCH3 is 1. The average molecular weight is 299 g/mol. The summed E-state index contributed by atoms with van der Waals surface area (Å²) in [6.45, 7) is 0. The van der Waals surface area contributed by atoms with Crippen molar-refractivity contribution < 1.29 is 20.9 Å². The van der Waals surface area contributed by atoms with Gasteiger partial charge in [0, 0.05) is 17.8 Å². The van der Waals surface area contributed by atoms with Crippen LogP contribution in [-0.4, -0.2) is 34.1 Å². The highest BCUT2D eigenvalue weighted by Gasteiger charge is 2.08. The van der Waals surface area contributed by atoms with E-state index >= 15 is 0 Å². The van der Waals surface area contributed by atoms with E-state index in [2.05, 4.69) is 14.7 Å². The quantitative estimate of drug-likeness (QED) is 0.710. The van der Waals surface area contributed by atoms with Crippen molar-refractivity contribution in [3.8, 4) is 0 Å². The number of esters is 1. The largest absolute Gasteiger partial charge is 1.00 e. The van der Waals surface area contributed by atoms with Gasteiger partial charge in [-0.3, -0.25) is 0 Å². The van der Waals surface area contributed by atoms with Gasteiger partial charge in [0.1, 0.15) is 5.65 Å². The van der Waals surface area contributed by atoms with Crippen molar-refractivity contribution in [2.45, 2.75) is 0 Å². The molecule has 2 heterocycles. The lowest BCUT2D eigenvalue weighted by molar-refractivity contribution is 0.0600. The molecule has 0 radical (unpaired) electrons. The first-order valence-electron chi connectivity index (χ1n) is 6.41. The fourth-order valence-corrected chi connectivity index (χ4v) is 1.78. The summed E-state index contributed by atoms with van der Waals surface area (Å²) in [5.74, 6) is -1.60. The Balaban J connectivity index is 0.000000232. The number of benzene rings is 1. The van der Waals surface area contributed by atoms with Gasteiger partial charge in [-0.05, 0) is 36.4 Å². The van der Waals surface area contributed by atoms with E-state index in [-0.39, 0.29) is 12.6 Å². The number of pyridine rings is 1. The monoisotopic (exact) mass is 299 g/mol. The van der Waals surface area contributed by atoms with Crippen LogP contribution in [0.1, 0.15) is 22.1 Å². The van der Waals surface area contributed by atoms with E-state index in [1.54, 1.807) is 6.20 Å². The molecule has 0 fully saturated rings. The first kappa shape index (κ1) is 15.2. The van der Waals surface area contributed by atoms with Crippen LogP contribution in [0.4, 0.5) is 0 Å². The van der Waals surface area contributed by atoms with Crippen LogP contribution in [0, 0.1) is 0 Å². The Kier molecular flexibility index (Phi) is 4.87. The molecule has 112 valence electrons. The van der Waals surface area contributed by atoms with Crippen molar-refractivity contribution in [2.75, 3.05) is 7.11 Å². The third-order valence-electron chi connectivity index (χ3n) is 2.85. The molecule has 6 nitrogen and oxygen atoms in total. The topological polar surface area (TPSA) is 92.3 Å². The van der Waals surface area contributed by atoms with Gasteiger partial charge in [0.25, 0.3) is 0 Å². The zero-order valence-corrected chi connectivity index (χ0v) is 11.8. The number of ether oxygens (including phenoxy) is 1. The molecule has 1 aromatic carbocycles. The molecule has 0 saturated carbocycles. The number of hydrogen-bond donors (Lipinski definition) is 2. The number of carbonyl (C=O) groups is 2. The fourth-order valence-electron chi connectivity index (χ4n) is 1.78. The van der Waals surface area contributed by atoms with Gasteiger partial charge in [-0.15, -0.1) is 0 Å². The Morgan fingerprint density at radius 1 is 1.18 bits per heavy atom. The number of aromatic amines is 1. The Morgan fingerprint density at radius 2 is 1.95 bits per heavy atom. The minimum absolute atomic E-state index is 0. The molecule has 0 atom stereocenters. The third-order valence-corrected chi connectivity index (χ3v) is 2.85. The fraction of sp³-hybridized carbons (Fsp3) is 0.0625. The number of carboxylic acid groups (broad SMARTS) is 1. The molecular formula is C16H15N2O4+. The Bertz CT molecular complexity index is 771. The lowest BCUT2D eigenvalue weighted by Crippen LogP contribution is -2.03. The van der Waals surface area contributed by atoms with Gasteiger partial charge in [-0.1, -0.05) is 6.07 Å². The molecule has 0 spiro atoms. The molecule has 2 N–H and O–H groups in total. The number of nitrogens with one attached hydrogen (secondary N) is 1. The minimum Gasteiger partial charge on any atom is -0.478 e. The summed E-state index contributed by atoms with van der Waals surface area (Å²) in [6, 6.07) is 11.6. The number of hydrogen-bond acceptors (Lipinski definition) is 4. The Morgan fingerprint density at radius 3 is 2.64 bits per heavy atom. The van der Waals surface area contributed by atoms with Crippen molar-refractivity contribution in [3.63, 3.8) is 0 Å². The summed E-state index contributed by atoms with van der Waals surface area (Å²) in [5.41, 5.74) is 1.27. The van der Waals surface area contributed by atoms with E-state index in [0.717, 1.165) is 11.0 Å². The zero-order chi connectivity index (χ0) is 15.9. The second kappa shape index (κ2) is 7.03. The van der Waals surface area contributed by atoms with Crippen LogP contribution in [0.3, 0.4) is 0 Å². The van der Waals surface area contributed by atoms with Gasteiger partial charge in [0.15, 0.2) is 0 Å². The van der Waals surface area contributed by atoms with Crippen molar-refractivity contribution in [1.29, 1.82) is 0 Å². The molecule has 3 aromatic rings. The van der Waals surface area contributed by atoms with Gasteiger partial charge < -0.3 is 14.8 Å². The summed E-state index contributed by atoms with van der Waals surface area (Å²) in [6.07, 6.45) is 3.66. The molecule has 2 aromatic heterocycles. The number of aromatic nitrogens is 2. The lowest BCUT2D eigenvalue weighted by Gasteiger charge is -1.99. The average Bonchev–Trinajstić information content (AvgIpc) is 3.03. The summed E-state index contributed by atoms with van der Waals surface area (Å²) < 4.78 is 4.44. The van der Waals surface area contributed by atoms with Crippen LogP contribution in [0.25, 0.3) is 11.0 Å². The van der Waals surface area contributed by atoms with E-state index in [4.69, 9.17) is 5.11 Å². The first-order chi connectivity index (χ1) is 10.6. The Hall–Kier alpha value is -3.15. The highest BCUT2D eigenvalue weighted by atomic mass is 16.5. The van der Waals surface area contributed by atoms with Gasteiger partial charge in [-0.2, -0.15) is 0 Å². The van der Waals surface area contributed by atoms with Gasteiger partial charge in [-0.25, -0.2) is 14.6 Å². The van der Waals surface area contributed by atoms with Crippen LogP contribution >= 0.6 is 0 Å². The van der Waals surface area contributed by atoms with Crippen LogP contribution < -0.4 is 0 Å². The maximum absolute atomic E-state index is 11.0. The van der Waals surface area contributed by atoms with E-state index < -0.39 is 11.9 Å². The highest BCUT2D eigenvalue weighted by molar-refractivity contribution is 5.94. The second-order valence-electron chi connectivity index (χ2n) is 4.30. The number of carbonyl (C=O) groups excluding carboxylic acids is 1. The molecule has 6 heteroatoms. The van der Waals surface area contributed by atoms with Crippen LogP contribution in [0.5, 0.6) is 0 Å². The summed E-state index contributed by atoms with van der Waals surface area (Å²) in [4.78, 5) is 28.6. The number of fused-ring (bicyclic) bond motifs is 1. The molecule has 0 aliphatic heterocycles. The lowest BCUT2D eigenvalue weighted by atomic mass is 10.1. The maximum Gasteiger partial charge on any atom is 1.00 e. The summed E-state index contributed by atoms with van der Waals surface area (Å²) >= 11 is 0. The number of nitrogens with zero attached hydrogens (tertiary/aromatic N) is 1. The van der Waals surface area contributed by atoms with Crippen molar-refractivity contribution in [1.82, 2.24) is 9.97 Å². The number of rotatable bonds is 2. The second-order valence-corrected chi connectivity index (χ2v) is 4.30. The predicted octanol–water partition coefficient (Wildman–Crippen LogP) is 2.85. The first-order valence-corrected chi connectivity index (χ1v) is 6.41. The Labute approximate surface area is 127 Å². The molecule has 0 bridgehead atoms. The van der Waals surface area contributed by atoms with Crippen molar-refractivity contribution in [3.05, 3.63) is 66.0 Å². The van der Waals surface area contributed by atoms with Crippen molar-refractivity contribution >= 4 is 23.0 Å². The number of carboxylic acids is 1. The van der Waals surface area contributed by atoms with E-state index in [1.807, 2.05) is 24.4 Å². The number of aromatic carboxylic acids is 1. The smallest absolute Gasteiger partial charge is 0.478 e. The minimum atomic E-state index is -1.06. The summed E-state index contributed by atoms with van der Waals surface area (Å²) in [7, 11) is 1.25. The van der Waals surface area contributed by atoms with Crippen LogP contribution in [-0.2, 0) is 4.74 Å².